The van der Waals surface area contributed by atoms with Crippen molar-refractivity contribution in [2.75, 3.05) is 19.8 Å². The van der Waals surface area contributed by atoms with Crippen LogP contribution in [0, 0.1) is 0 Å². The maximum atomic E-state index is 13.0. The normalized spacial score (nSPS) is 19.1. The van der Waals surface area contributed by atoms with Crippen LogP contribution in [0.15, 0.2) is 48.6 Å². The minimum atomic E-state index is -1.58. The molecule has 0 bridgehead atoms. The van der Waals surface area contributed by atoms with Crippen molar-refractivity contribution in [3.8, 4) is 0 Å². The van der Waals surface area contributed by atoms with Crippen LogP contribution in [-0.2, 0) is 23.8 Å². The van der Waals surface area contributed by atoms with Crippen molar-refractivity contribution in [3.63, 3.8) is 0 Å². The second kappa shape index (κ2) is 52.7. The first-order chi connectivity index (χ1) is 36.2. The molecule has 1 heterocycles. The highest BCUT2D eigenvalue weighted by atomic mass is 16.7. The van der Waals surface area contributed by atoms with Crippen LogP contribution in [0.5, 0.6) is 0 Å². The molecule has 0 saturated carbocycles. The number of carbonyl (C=O) groups excluding carboxylic acids is 2. The lowest BCUT2D eigenvalue weighted by atomic mass is 9.99. The molecule has 1 aliphatic heterocycles. The number of allylic oxidation sites excluding steroid dienone is 7. The van der Waals surface area contributed by atoms with Crippen LogP contribution < -0.4 is 5.32 Å². The number of ether oxygens (including phenoxy) is 3. The summed E-state index contributed by atoms with van der Waals surface area (Å²) in [5.41, 5.74) is 0. The first-order valence-corrected chi connectivity index (χ1v) is 30.9. The molecule has 1 amide bonds. The van der Waals surface area contributed by atoms with Crippen LogP contribution in [0.25, 0.3) is 0 Å². The number of esters is 1. The summed E-state index contributed by atoms with van der Waals surface area (Å²) in [4.78, 5) is 25.0. The van der Waals surface area contributed by atoms with Gasteiger partial charge in [-0.2, -0.15) is 0 Å². The van der Waals surface area contributed by atoms with Crippen molar-refractivity contribution < 1.29 is 49.3 Å². The lowest BCUT2D eigenvalue weighted by Gasteiger charge is -2.40. The Bertz CT molecular complexity index is 1370. The molecule has 11 heteroatoms. The van der Waals surface area contributed by atoms with Gasteiger partial charge >= 0.3 is 5.97 Å². The second-order valence-electron chi connectivity index (χ2n) is 21.4. The van der Waals surface area contributed by atoms with E-state index in [1.54, 1.807) is 6.08 Å². The van der Waals surface area contributed by atoms with Crippen LogP contribution in [-0.4, -0.2) is 100 Å². The Morgan fingerprint density at radius 3 is 1.45 bits per heavy atom. The van der Waals surface area contributed by atoms with Gasteiger partial charge in [-0.3, -0.25) is 9.59 Å². The molecule has 1 saturated heterocycles. The number of nitrogens with one attached hydrogen (secondary N) is 1. The van der Waals surface area contributed by atoms with E-state index in [2.05, 4.69) is 55.6 Å². The molecule has 11 nitrogen and oxygen atoms in total. The molecule has 7 atom stereocenters. The molecule has 0 aromatic carbocycles. The van der Waals surface area contributed by atoms with Gasteiger partial charge in [0, 0.05) is 12.8 Å². The van der Waals surface area contributed by atoms with Gasteiger partial charge in [0.1, 0.15) is 24.4 Å². The third-order valence-corrected chi connectivity index (χ3v) is 14.4. The lowest BCUT2D eigenvalue weighted by molar-refractivity contribution is -0.302. The van der Waals surface area contributed by atoms with E-state index in [4.69, 9.17) is 14.2 Å². The van der Waals surface area contributed by atoms with Crippen molar-refractivity contribution >= 4 is 11.9 Å². The van der Waals surface area contributed by atoms with E-state index < -0.39 is 49.5 Å². The SMILES string of the molecule is CCCCC/C=C/CC/C=C/C(O)C(COC1OC(CO)C(O)C(O)C1O)NC(=O)CCCCCCCCCCC/C=C\C/C=C\CCCCCCCCCCCOC(=O)CCCCCCCCCCCCCC. The number of aliphatic hydroxyl groups excluding tert-OH is 5. The molecule has 0 aromatic heterocycles. The molecule has 432 valence electrons. The van der Waals surface area contributed by atoms with Crippen LogP contribution in [0.4, 0.5) is 0 Å². The molecular formula is C63H115NO10. The number of rotatable bonds is 53. The number of hydrogen-bond donors (Lipinski definition) is 6. The van der Waals surface area contributed by atoms with E-state index in [9.17, 15) is 35.1 Å². The summed E-state index contributed by atoms with van der Waals surface area (Å²) in [6.45, 7) is 4.27. The Kier molecular flexibility index (Phi) is 49.6. The Balaban J connectivity index is 2.01. The summed E-state index contributed by atoms with van der Waals surface area (Å²) in [6.07, 6.45) is 56.6. The van der Waals surface area contributed by atoms with Crippen LogP contribution in [0.1, 0.15) is 277 Å². The number of amides is 1. The van der Waals surface area contributed by atoms with E-state index in [1.807, 2.05) is 6.08 Å². The molecule has 0 spiro atoms. The van der Waals surface area contributed by atoms with Gasteiger partial charge in [0.05, 0.1) is 32.0 Å². The number of carbonyl (C=O) groups is 2. The van der Waals surface area contributed by atoms with Gasteiger partial charge in [-0.05, 0) is 77.0 Å². The lowest BCUT2D eigenvalue weighted by Crippen LogP contribution is -2.60. The van der Waals surface area contributed by atoms with E-state index in [0.717, 1.165) is 83.5 Å². The fraction of sp³-hybridized carbons (Fsp3) is 0.841. The maximum Gasteiger partial charge on any atom is 0.305 e. The predicted octanol–water partition coefficient (Wildman–Crippen LogP) is 14.5. The van der Waals surface area contributed by atoms with Gasteiger partial charge in [0.25, 0.3) is 0 Å². The molecule has 0 aromatic rings. The van der Waals surface area contributed by atoms with Crippen LogP contribution >= 0.6 is 0 Å². The molecule has 7 unspecified atom stereocenters. The minimum absolute atomic E-state index is 0.00178. The van der Waals surface area contributed by atoms with Gasteiger partial charge < -0.3 is 45.1 Å². The zero-order chi connectivity index (χ0) is 53.8. The Morgan fingerprint density at radius 1 is 0.500 bits per heavy atom. The average Bonchev–Trinajstić information content (AvgIpc) is 3.40. The van der Waals surface area contributed by atoms with E-state index in [0.29, 0.717) is 19.4 Å². The molecule has 0 aliphatic carbocycles. The third kappa shape index (κ3) is 41.7. The van der Waals surface area contributed by atoms with Crippen molar-refractivity contribution in [1.82, 2.24) is 5.32 Å². The summed E-state index contributed by atoms with van der Waals surface area (Å²) in [5, 5.41) is 54.1. The fourth-order valence-corrected chi connectivity index (χ4v) is 9.48. The summed E-state index contributed by atoms with van der Waals surface area (Å²) in [7, 11) is 0. The van der Waals surface area contributed by atoms with Crippen molar-refractivity contribution in [3.05, 3.63) is 48.6 Å². The van der Waals surface area contributed by atoms with Crippen molar-refractivity contribution in [2.24, 2.45) is 0 Å². The van der Waals surface area contributed by atoms with Gasteiger partial charge in [-0.15, -0.1) is 0 Å². The van der Waals surface area contributed by atoms with Gasteiger partial charge in [0.2, 0.25) is 5.91 Å². The zero-order valence-corrected chi connectivity index (χ0v) is 47.6. The smallest absolute Gasteiger partial charge is 0.305 e. The highest BCUT2D eigenvalue weighted by Gasteiger charge is 2.44. The molecule has 1 rings (SSSR count). The second-order valence-corrected chi connectivity index (χ2v) is 21.4. The largest absolute Gasteiger partial charge is 0.466 e. The van der Waals surface area contributed by atoms with E-state index in [1.165, 1.54) is 167 Å². The Labute approximate surface area is 453 Å². The first kappa shape index (κ1) is 69.6. The monoisotopic (exact) mass is 1050 g/mol. The number of aliphatic hydroxyl groups is 5. The Hall–Kier alpha value is -2.38. The summed E-state index contributed by atoms with van der Waals surface area (Å²) >= 11 is 0. The first-order valence-electron chi connectivity index (χ1n) is 30.9. The number of unbranched alkanes of at least 4 members (excludes halogenated alkanes) is 33. The highest BCUT2D eigenvalue weighted by Crippen LogP contribution is 2.23. The van der Waals surface area contributed by atoms with Crippen molar-refractivity contribution in [2.45, 2.75) is 320 Å². The molecule has 1 aliphatic rings. The molecule has 74 heavy (non-hydrogen) atoms. The van der Waals surface area contributed by atoms with Gasteiger partial charge in [-0.25, -0.2) is 0 Å². The van der Waals surface area contributed by atoms with Gasteiger partial charge in [0.15, 0.2) is 6.29 Å². The van der Waals surface area contributed by atoms with Crippen LogP contribution in [0.3, 0.4) is 0 Å². The number of hydrogen-bond acceptors (Lipinski definition) is 10. The quantitative estimate of drug-likeness (QED) is 0.0195. The van der Waals surface area contributed by atoms with Crippen molar-refractivity contribution in [1.29, 1.82) is 0 Å². The molecule has 1 fully saturated rings. The standard InChI is InChI=1S/C63H115NO10/c1-3-5-7-9-11-13-14-31-35-39-43-47-51-59(68)72-52-48-44-40-36-32-29-27-25-23-21-19-17-15-16-18-20-22-24-26-28-30-34-38-42-46-50-58(67)64-55(56(66)49-45-41-37-33-12-10-8-6-4-2)54-73-63-62(71)61(70)60(69)57(53-65)74-63/h12,16-19,33,45,49,55-57,60-63,65-66,69-71H,3-11,13-15,20-32,34-44,46-48,50-54H2,1-2H3,(H,64,67)/b18-16-,19-17-,33-12+,49-45+. The Morgan fingerprint density at radius 2 is 0.919 bits per heavy atom. The summed E-state index contributed by atoms with van der Waals surface area (Å²) in [5.74, 6) is -0.203. The minimum Gasteiger partial charge on any atom is -0.466 e. The van der Waals surface area contributed by atoms with Crippen LogP contribution in [0.2, 0.25) is 0 Å². The molecule has 0 radical (unpaired) electrons. The van der Waals surface area contributed by atoms with E-state index in [-0.39, 0.29) is 18.5 Å². The topological polar surface area (TPSA) is 175 Å². The van der Waals surface area contributed by atoms with Gasteiger partial charge in [-0.1, -0.05) is 236 Å². The third-order valence-electron chi connectivity index (χ3n) is 14.4. The molecule has 6 N–H and O–H groups in total. The molecular weight excluding hydrogens is 931 g/mol. The summed E-state index contributed by atoms with van der Waals surface area (Å²) in [6, 6.07) is -0.831. The van der Waals surface area contributed by atoms with E-state index >= 15 is 0 Å². The fourth-order valence-electron chi connectivity index (χ4n) is 9.48. The average molecular weight is 1050 g/mol. The predicted molar refractivity (Wildman–Crippen MR) is 306 cm³/mol. The highest BCUT2D eigenvalue weighted by molar-refractivity contribution is 5.76. The maximum absolute atomic E-state index is 13.0. The zero-order valence-electron chi connectivity index (χ0n) is 47.6. The summed E-state index contributed by atoms with van der Waals surface area (Å²) < 4.78 is 16.7.